The van der Waals surface area contributed by atoms with Crippen LogP contribution < -0.4 is 0 Å². The molecule has 0 radical (unpaired) electrons. The van der Waals surface area contributed by atoms with Gasteiger partial charge in [-0.2, -0.15) is 0 Å². The highest BCUT2D eigenvalue weighted by Crippen LogP contribution is 2.36. The highest BCUT2D eigenvalue weighted by molar-refractivity contribution is 5.76. The standard InChI is InChI=1S/C20H30O7/c1-19(2,18(23)24-5)17(22)16-15(14(11-21)26-20(3,4)27-16)25-12-13-9-7-6-8-10-13/h6-10,14-17,21-22H,11-12H2,1-5H3/t14-,15-,16+,17-/m1/s1. The molecular formula is C20H30O7. The minimum absolute atomic E-state index is 0.247. The van der Waals surface area contributed by atoms with Gasteiger partial charge in [0.15, 0.2) is 5.79 Å². The molecule has 0 saturated carbocycles. The molecule has 0 aromatic heterocycles. The first-order chi connectivity index (χ1) is 12.6. The second-order valence-corrected chi connectivity index (χ2v) is 7.74. The van der Waals surface area contributed by atoms with E-state index < -0.39 is 41.6 Å². The van der Waals surface area contributed by atoms with Gasteiger partial charge in [0.25, 0.3) is 0 Å². The average Bonchev–Trinajstić information content (AvgIpc) is 2.65. The molecule has 1 aliphatic rings. The van der Waals surface area contributed by atoms with Crippen molar-refractivity contribution in [1.82, 2.24) is 0 Å². The van der Waals surface area contributed by atoms with E-state index in [2.05, 4.69) is 0 Å². The van der Waals surface area contributed by atoms with Crippen molar-refractivity contribution in [2.24, 2.45) is 5.41 Å². The zero-order chi connectivity index (χ0) is 20.2. The van der Waals surface area contributed by atoms with Crippen LogP contribution in [0.2, 0.25) is 0 Å². The van der Waals surface area contributed by atoms with E-state index in [0.29, 0.717) is 0 Å². The maximum Gasteiger partial charge on any atom is 0.313 e. The summed E-state index contributed by atoms with van der Waals surface area (Å²) >= 11 is 0. The number of rotatable bonds is 7. The smallest absolute Gasteiger partial charge is 0.313 e. The van der Waals surface area contributed by atoms with E-state index >= 15 is 0 Å². The van der Waals surface area contributed by atoms with E-state index in [0.717, 1.165) is 5.56 Å². The summed E-state index contributed by atoms with van der Waals surface area (Å²) in [6.07, 6.45) is -3.63. The quantitative estimate of drug-likeness (QED) is 0.693. The number of carbonyl (C=O) groups is 1. The number of aliphatic hydroxyl groups excluding tert-OH is 2. The molecule has 0 unspecified atom stereocenters. The van der Waals surface area contributed by atoms with Crippen molar-refractivity contribution in [3.05, 3.63) is 35.9 Å². The first-order valence-electron chi connectivity index (χ1n) is 9.01. The topological polar surface area (TPSA) is 94.5 Å². The number of benzene rings is 1. The zero-order valence-corrected chi connectivity index (χ0v) is 16.5. The molecule has 27 heavy (non-hydrogen) atoms. The van der Waals surface area contributed by atoms with Gasteiger partial charge in [0.2, 0.25) is 0 Å². The second-order valence-electron chi connectivity index (χ2n) is 7.74. The molecule has 1 saturated heterocycles. The summed E-state index contributed by atoms with van der Waals surface area (Å²) in [4.78, 5) is 12.2. The first kappa shape index (κ1) is 21.8. The number of ether oxygens (including phenoxy) is 4. The van der Waals surface area contributed by atoms with Gasteiger partial charge in [0, 0.05) is 0 Å². The lowest BCUT2D eigenvalue weighted by molar-refractivity contribution is -0.360. The summed E-state index contributed by atoms with van der Waals surface area (Å²) in [5.74, 6) is -1.62. The van der Waals surface area contributed by atoms with E-state index in [-0.39, 0.29) is 13.2 Å². The van der Waals surface area contributed by atoms with Crippen LogP contribution in [0.4, 0.5) is 0 Å². The van der Waals surface area contributed by atoms with Gasteiger partial charge in [-0.15, -0.1) is 0 Å². The molecule has 152 valence electrons. The van der Waals surface area contributed by atoms with Crippen molar-refractivity contribution in [1.29, 1.82) is 0 Å². The van der Waals surface area contributed by atoms with Crippen LogP contribution in [0.1, 0.15) is 33.3 Å². The van der Waals surface area contributed by atoms with Crippen molar-refractivity contribution in [3.8, 4) is 0 Å². The Balaban J connectivity index is 2.28. The molecule has 0 spiro atoms. The second kappa shape index (κ2) is 8.67. The fraction of sp³-hybridized carbons (Fsp3) is 0.650. The van der Waals surface area contributed by atoms with Crippen LogP contribution >= 0.6 is 0 Å². The van der Waals surface area contributed by atoms with Gasteiger partial charge >= 0.3 is 5.97 Å². The van der Waals surface area contributed by atoms with Crippen LogP contribution in [-0.4, -0.2) is 60.1 Å². The van der Waals surface area contributed by atoms with Crippen molar-refractivity contribution in [3.63, 3.8) is 0 Å². The molecule has 0 amide bonds. The maximum atomic E-state index is 12.2. The molecule has 1 aromatic carbocycles. The van der Waals surface area contributed by atoms with Gasteiger partial charge in [-0.05, 0) is 33.3 Å². The van der Waals surface area contributed by atoms with E-state index in [1.54, 1.807) is 27.7 Å². The third-order valence-corrected chi connectivity index (χ3v) is 4.77. The predicted octanol–water partition coefficient (Wildman–Crippen LogP) is 1.64. The fourth-order valence-corrected chi connectivity index (χ4v) is 3.21. The zero-order valence-electron chi connectivity index (χ0n) is 16.5. The Kier molecular flexibility index (Phi) is 6.99. The Morgan fingerprint density at radius 1 is 1.26 bits per heavy atom. The molecule has 2 N–H and O–H groups in total. The molecular weight excluding hydrogens is 352 g/mol. The van der Waals surface area contributed by atoms with Crippen LogP contribution in [0, 0.1) is 5.41 Å². The SMILES string of the molecule is COC(=O)C(C)(C)[C@H](O)[C@H]1OC(C)(C)O[C@H](CO)[C@H]1OCc1ccccc1. The largest absolute Gasteiger partial charge is 0.469 e. The third kappa shape index (κ3) is 5.06. The average molecular weight is 382 g/mol. The Bertz CT molecular complexity index is 614. The number of esters is 1. The Morgan fingerprint density at radius 3 is 2.44 bits per heavy atom. The summed E-state index contributed by atoms with van der Waals surface area (Å²) in [7, 11) is 1.27. The molecule has 1 aliphatic heterocycles. The lowest BCUT2D eigenvalue weighted by Gasteiger charge is -2.48. The summed E-state index contributed by atoms with van der Waals surface area (Å²) in [6, 6.07) is 9.51. The van der Waals surface area contributed by atoms with Gasteiger partial charge < -0.3 is 29.2 Å². The number of hydrogen-bond donors (Lipinski definition) is 2. The van der Waals surface area contributed by atoms with Crippen molar-refractivity contribution in [2.75, 3.05) is 13.7 Å². The van der Waals surface area contributed by atoms with Crippen LogP contribution in [-0.2, 0) is 30.3 Å². The van der Waals surface area contributed by atoms with Gasteiger partial charge in [0.05, 0.1) is 31.8 Å². The maximum absolute atomic E-state index is 12.2. The predicted molar refractivity (Wildman–Crippen MR) is 97.7 cm³/mol. The Labute approximate surface area is 160 Å². The first-order valence-corrected chi connectivity index (χ1v) is 9.01. The molecule has 4 atom stereocenters. The number of hydrogen-bond acceptors (Lipinski definition) is 7. The summed E-state index contributed by atoms with van der Waals surface area (Å²) in [5, 5.41) is 20.8. The summed E-state index contributed by atoms with van der Waals surface area (Å²) in [5.41, 5.74) is -0.305. The van der Waals surface area contributed by atoms with E-state index in [9.17, 15) is 15.0 Å². The molecule has 1 aromatic rings. The van der Waals surface area contributed by atoms with Crippen molar-refractivity contribution >= 4 is 5.97 Å². The van der Waals surface area contributed by atoms with Crippen LogP contribution in [0.5, 0.6) is 0 Å². The Hall–Kier alpha value is -1.51. The van der Waals surface area contributed by atoms with Gasteiger partial charge in [0.1, 0.15) is 18.3 Å². The van der Waals surface area contributed by atoms with Crippen LogP contribution in [0.3, 0.4) is 0 Å². The summed E-state index contributed by atoms with van der Waals surface area (Å²) < 4.78 is 22.5. The lowest BCUT2D eigenvalue weighted by atomic mass is 9.80. The number of methoxy groups -OCH3 is 1. The van der Waals surface area contributed by atoms with E-state index in [4.69, 9.17) is 18.9 Å². The minimum atomic E-state index is -1.23. The molecule has 1 fully saturated rings. The Morgan fingerprint density at radius 2 is 1.89 bits per heavy atom. The monoisotopic (exact) mass is 382 g/mol. The van der Waals surface area contributed by atoms with Crippen LogP contribution in [0.15, 0.2) is 30.3 Å². The lowest BCUT2D eigenvalue weighted by Crippen LogP contribution is -2.63. The third-order valence-electron chi connectivity index (χ3n) is 4.77. The normalized spacial score (nSPS) is 26.4. The molecule has 7 nitrogen and oxygen atoms in total. The molecule has 1 heterocycles. The van der Waals surface area contributed by atoms with Crippen molar-refractivity contribution in [2.45, 2.75) is 64.5 Å². The number of aliphatic hydroxyl groups is 2. The van der Waals surface area contributed by atoms with Gasteiger partial charge in [-0.1, -0.05) is 30.3 Å². The molecule has 0 bridgehead atoms. The van der Waals surface area contributed by atoms with E-state index in [1.165, 1.54) is 7.11 Å². The highest BCUT2D eigenvalue weighted by atomic mass is 16.7. The molecule has 2 rings (SSSR count). The van der Waals surface area contributed by atoms with E-state index in [1.807, 2.05) is 30.3 Å². The number of carbonyl (C=O) groups excluding carboxylic acids is 1. The fourth-order valence-electron chi connectivity index (χ4n) is 3.21. The van der Waals surface area contributed by atoms with Crippen molar-refractivity contribution < 1.29 is 34.0 Å². The molecule has 7 heteroatoms. The minimum Gasteiger partial charge on any atom is -0.469 e. The van der Waals surface area contributed by atoms with Gasteiger partial charge in [-0.3, -0.25) is 4.79 Å². The summed E-state index contributed by atoms with van der Waals surface area (Å²) in [6.45, 7) is 6.47. The molecule has 0 aliphatic carbocycles. The van der Waals surface area contributed by atoms with Crippen LogP contribution in [0.25, 0.3) is 0 Å². The highest BCUT2D eigenvalue weighted by Gasteiger charge is 2.52. The van der Waals surface area contributed by atoms with Gasteiger partial charge in [-0.25, -0.2) is 0 Å².